The molecular weight excluding hydrogens is 742 g/mol. The van der Waals surface area contributed by atoms with E-state index in [2.05, 4.69) is 147 Å². The average Bonchev–Trinajstić information content (AvgIpc) is 3.53. The van der Waals surface area contributed by atoms with Gasteiger partial charge in [0, 0.05) is 0 Å². The van der Waals surface area contributed by atoms with E-state index in [4.69, 9.17) is 0 Å². The van der Waals surface area contributed by atoms with Gasteiger partial charge in [-0.2, -0.15) is 0 Å². The second-order valence-corrected chi connectivity index (χ2v) is 11.4. The zero-order chi connectivity index (χ0) is 27.5. The van der Waals surface area contributed by atoms with Crippen LogP contribution in [0.1, 0.15) is 22.3 Å². The van der Waals surface area contributed by atoms with Crippen LogP contribution in [-0.4, -0.2) is 0 Å². The molecule has 8 aromatic rings. The summed E-state index contributed by atoms with van der Waals surface area (Å²) in [5.74, 6) is 0. The summed E-state index contributed by atoms with van der Waals surface area (Å²) < 4.78 is 0. The molecule has 0 heterocycles. The number of hydrogen-bond donors (Lipinski definition) is 0. The topological polar surface area (TPSA) is 0 Å². The maximum Gasteiger partial charge on any atom is 4.00 e. The fourth-order valence-electron chi connectivity index (χ4n) is 7.18. The van der Waals surface area contributed by atoms with Crippen LogP contribution < -0.4 is 24.8 Å². The van der Waals surface area contributed by atoms with Crippen LogP contribution in [0, 0.1) is 13.8 Å². The zero-order valence-corrected chi connectivity index (χ0v) is 29.8. The van der Waals surface area contributed by atoms with Crippen LogP contribution in [0.2, 0.25) is 0 Å². The van der Waals surface area contributed by atoms with E-state index in [9.17, 15) is 0 Å². The minimum Gasteiger partial charge on any atom is -1.00 e. The van der Waals surface area contributed by atoms with Gasteiger partial charge >= 0.3 is 25.8 Å². The van der Waals surface area contributed by atoms with Gasteiger partial charge < -0.3 is 24.8 Å². The van der Waals surface area contributed by atoms with Gasteiger partial charge in [0.1, 0.15) is 0 Å². The number of hydrogen-bond acceptors (Lipinski definition) is 0. The minimum atomic E-state index is 0. The molecule has 0 saturated heterocycles. The number of rotatable bonds is 4. The Hall–Kier alpha value is -3.49. The van der Waals surface area contributed by atoms with Crippen molar-refractivity contribution in [3.8, 4) is 22.3 Å². The van der Waals surface area contributed by atoms with Crippen LogP contribution in [0.25, 0.3) is 65.3 Å². The Morgan fingerprint density at radius 1 is 0.455 bits per heavy atom. The van der Waals surface area contributed by atoms with Gasteiger partial charge in [-0.1, -0.05) is 133 Å². The smallest absolute Gasteiger partial charge is 1.00 e. The quantitative estimate of drug-likeness (QED) is 0.169. The molecule has 0 saturated carbocycles. The first-order valence-electron chi connectivity index (χ1n) is 14.5. The van der Waals surface area contributed by atoms with Crippen molar-refractivity contribution in [2.75, 3.05) is 0 Å². The van der Waals surface area contributed by atoms with Crippen molar-refractivity contribution >= 4 is 43.1 Å². The fourth-order valence-corrected chi connectivity index (χ4v) is 7.18. The molecule has 0 aliphatic carbocycles. The molecule has 0 aliphatic heterocycles. The van der Waals surface area contributed by atoms with Gasteiger partial charge in [0.2, 0.25) is 0 Å². The third-order valence-corrected chi connectivity index (χ3v) is 8.90. The summed E-state index contributed by atoms with van der Waals surface area (Å²) in [6, 6.07) is 49.3. The van der Waals surface area contributed by atoms with Crippen molar-refractivity contribution in [3.63, 3.8) is 0 Å². The number of aryl methyl sites for hydroxylation is 2. The van der Waals surface area contributed by atoms with Crippen molar-refractivity contribution in [2.24, 2.45) is 0 Å². The SMILES string of the molecule is Cc1[cH-]c2cccc(Cc3cccc4[cH-]c(C)c(-c5cccc6ccccc56)c34)c2c1-c1cccc2ccccc12.[Cl-].[Cl-].[Hf+4]. The molecule has 0 aliphatic rings. The largest absolute Gasteiger partial charge is 4.00 e. The summed E-state index contributed by atoms with van der Waals surface area (Å²) in [5.41, 5.74) is 10.8. The molecule has 0 radical (unpaired) electrons. The molecule has 8 rings (SSSR count). The van der Waals surface area contributed by atoms with Crippen LogP contribution in [0.5, 0.6) is 0 Å². The molecule has 0 nitrogen and oxygen atoms in total. The van der Waals surface area contributed by atoms with Crippen LogP contribution in [-0.2, 0) is 32.3 Å². The Morgan fingerprint density at radius 2 is 0.841 bits per heavy atom. The third kappa shape index (κ3) is 5.16. The molecule has 0 bridgehead atoms. The monoisotopic (exact) mass is 772 g/mol. The number of halogens is 2. The van der Waals surface area contributed by atoms with Gasteiger partial charge in [0.15, 0.2) is 0 Å². The van der Waals surface area contributed by atoms with Gasteiger partial charge in [-0.05, 0) is 28.0 Å². The van der Waals surface area contributed by atoms with E-state index in [0.29, 0.717) is 0 Å². The van der Waals surface area contributed by atoms with Gasteiger partial charge in [0.25, 0.3) is 0 Å². The molecule has 0 spiro atoms. The molecule has 3 heteroatoms. The first kappa shape index (κ1) is 31.9. The minimum absolute atomic E-state index is 0. The van der Waals surface area contributed by atoms with E-state index in [1.54, 1.807) is 0 Å². The zero-order valence-electron chi connectivity index (χ0n) is 24.7. The summed E-state index contributed by atoms with van der Waals surface area (Å²) in [5, 5.41) is 10.6. The summed E-state index contributed by atoms with van der Waals surface area (Å²) in [6.07, 6.45) is 0.886. The second kappa shape index (κ2) is 12.9. The predicted octanol–water partition coefficient (Wildman–Crippen LogP) is 5.28. The number of benzene rings is 6. The molecule has 212 valence electrons. The molecule has 0 atom stereocenters. The van der Waals surface area contributed by atoms with E-state index < -0.39 is 0 Å². The summed E-state index contributed by atoms with van der Waals surface area (Å²) in [4.78, 5) is 0. The molecular formula is C41H30Cl2Hf. The standard InChI is InChI=1S/C41H30.2ClH.Hf/c1-26-23-30-15-7-17-32(40(30)38(26)36-21-9-13-28-11-3-5-19-34(28)36)25-33-18-8-16-31-24-27(2)39(41(31)33)37-22-10-14-29-12-4-6-20-35(29)37;;;/h3-24H,25H2,1-2H3;2*1H;/q-2;;;+4/p-2. The van der Waals surface area contributed by atoms with E-state index in [0.717, 1.165) is 6.42 Å². The Bertz CT molecular complexity index is 2100. The Kier molecular flexibility index (Phi) is 9.33. The van der Waals surface area contributed by atoms with Crippen molar-refractivity contribution in [1.82, 2.24) is 0 Å². The summed E-state index contributed by atoms with van der Waals surface area (Å²) in [6.45, 7) is 4.53. The van der Waals surface area contributed by atoms with E-state index in [1.807, 2.05) is 0 Å². The fraction of sp³-hybridized carbons (Fsp3) is 0.0732. The van der Waals surface area contributed by atoms with Crippen molar-refractivity contribution in [2.45, 2.75) is 20.3 Å². The molecule has 0 unspecified atom stereocenters. The van der Waals surface area contributed by atoms with Crippen LogP contribution in [0.3, 0.4) is 0 Å². The van der Waals surface area contributed by atoms with Gasteiger partial charge in [-0.25, -0.2) is 0 Å². The second-order valence-electron chi connectivity index (χ2n) is 11.4. The van der Waals surface area contributed by atoms with Gasteiger partial charge in [0.05, 0.1) is 0 Å². The molecule has 0 amide bonds. The van der Waals surface area contributed by atoms with Crippen LogP contribution in [0.15, 0.2) is 133 Å². The Morgan fingerprint density at radius 3 is 1.30 bits per heavy atom. The van der Waals surface area contributed by atoms with Crippen molar-refractivity contribution in [1.29, 1.82) is 0 Å². The molecule has 44 heavy (non-hydrogen) atoms. The van der Waals surface area contributed by atoms with Crippen molar-refractivity contribution < 1.29 is 50.7 Å². The summed E-state index contributed by atoms with van der Waals surface area (Å²) in [7, 11) is 0. The van der Waals surface area contributed by atoms with Crippen LogP contribution in [0.4, 0.5) is 0 Å². The van der Waals surface area contributed by atoms with E-state index in [-0.39, 0.29) is 50.7 Å². The number of fused-ring (bicyclic) bond motifs is 4. The normalized spacial score (nSPS) is 11.0. The maximum atomic E-state index is 2.37. The van der Waals surface area contributed by atoms with Crippen LogP contribution >= 0.6 is 0 Å². The van der Waals surface area contributed by atoms with E-state index >= 15 is 0 Å². The first-order chi connectivity index (χ1) is 20.2. The van der Waals surface area contributed by atoms with Gasteiger partial charge in [-0.15, -0.1) is 80.2 Å². The maximum absolute atomic E-state index is 2.37. The van der Waals surface area contributed by atoms with E-state index in [1.165, 1.54) is 87.6 Å². The molecule has 8 aromatic carbocycles. The average molecular weight is 772 g/mol. The van der Waals surface area contributed by atoms with Gasteiger partial charge in [-0.3, -0.25) is 0 Å². The Labute approximate surface area is 290 Å². The first-order valence-corrected chi connectivity index (χ1v) is 14.5. The predicted molar refractivity (Wildman–Crippen MR) is 177 cm³/mol. The Balaban J connectivity index is 0.00000128. The third-order valence-electron chi connectivity index (χ3n) is 8.90. The molecule has 0 fully saturated rings. The molecule has 0 N–H and O–H groups in total. The summed E-state index contributed by atoms with van der Waals surface area (Å²) >= 11 is 0. The molecule has 0 aromatic heterocycles. The van der Waals surface area contributed by atoms with Crippen molar-refractivity contribution in [3.05, 3.63) is 156 Å².